The van der Waals surface area contributed by atoms with Gasteiger partial charge in [0, 0.05) is 16.7 Å². The van der Waals surface area contributed by atoms with E-state index in [2.05, 4.69) is 10.1 Å². The van der Waals surface area contributed by atoms with Gasteiger partial charge in [-0.1, -0.05) is 78.9 Å². The van der Waals surface area contributed by atoms with Crippen molar-refractivity contribution in [1.29, 1.82) is 0 Å². The molecule has 5 heteroatoms. The fourth-order valence-electron chi connectivity index (χ4n) is 3.75. The normalized spacial score (nSPS) is 14.5. The number of esters is 1. The second kappa shape index (κ2) is 6.16. The average molecular weight is 367 g/mol. The lowest BCUT2D eigenvalue weighted by molar-refractivity contribution is -0.0194. The van der Waals surface area contributed by atoms with Crippen LogP contribution in [0.2, 0.25) is 0 Å². The summed E-state index contributed by atoms with van der Waals surface area (Å²) in [5.74, 6) is 0.805. The van der Waals surface area contributed by atoms with Crippen LogP contribution in [-0.4, -0.2) is 20.7 Å². The molecule has 0 aliphatic carbocycles. The Kier molecular flexibility index (Phi) is 3.62. The van der Waals surface area contributed by atoms with Crippen molar-refractivity contribution >= 4 is 5.97 Å². The van der Waals surface area contributed by atoms with Crippen LogP contribution in [0.25, 0.3) is 11.4 Å². The van der Waals surface area contributed by atoms with E-state index in [0.717, 1.165) is 11.1 Å². The van der Waals surface area contributed by atoms with Crippen molar-refractivity contribution in [3.8, 4) is 11.4 Å². The molecule has 5 nitrogen and oxygen atoms in total. The number of ether oxygens (including phenoxy) is 1. The van der Waals surface area contributed by atoms with Crippen molar-refractivity contribution < 1.29 is 9.53 Å². The standard InChI is InChI=1S/C23H17N3O2/c1-16-24-21-19-14-8-9-15-20(19)22(27)28-23(26(21)25-16,17-10-4-2-5-11-17)18-12-6-3-7-13-18/h2-15H,1H3. The molecule has 0 spiro atoms. The van der Waals surface area contributed by atoms with Gasteiger partial charge in [-0.3, -0.25) is 0 Å². The number of nitrogens with zero attached hydrogens (tertiary/aromatic N) is 3. The maximum Gasteiger partial charge on any atom is 0.341 e. The van der Waals surface area contributed by atoms with E-state index >= 15 is 0 Å². The molecule has 0 radical (unpaired) electrons. The van der Waals surface area contributed by atoms with Crippen molar-refractivity contribution in [3.05, 3.63) is 107 Å². The highest BCUT2D eigenvalue weighted by molar-refractivity contribution is 5.97. The third-order valence-electron chi connectivity index (χ3n) is 4.97. The molecular weight excluding hydrogens is 350 g/mol. The number of aromatic nitrogens is 3. The first-order valence-corrected chi connectivity index (χ1v) is 9.08. The quantitative estimate of drug-likeness (QED) is 0.499. The predicted octanol–water partition coefficient (Wildman–Crippen LogP) is 4.17. The summed E-state index contributed by atoms with van der Waals surface area (Å²) in [5.41, 5.74) is 1.53. The van der Waals surface area contributed by atoms with Crippen molar-refractivity contribution in [3.63, 3.8) is 0 Å². The van der Waals surface area contributed by atoms with Crippen LogP contribution in [0, 0.1) is 6.92 Å². The molecule has 0 saturated carbocycles. The van der Waals surface area contributed by atoms with Crippen LogP contribution in [0.3, 0.4) is 0 Å². The van der Waals surface area contributed by atoms with Crippen LogP contribution < -0.4 is 0 Å². The summed E-state index contributed by atoms with van der Waals surface area (Å²) in [4.78, 5) is 17.9. The summed E-state index contributed by atoms with van der Waals surface area (Å²) in [6.07, 6.45) is 0. The number of benzene rings is 3. The molecular formula is C23H17N3O2. The Hall–Kier alpha value is -3.73. The van der Waals surface area contributed by atoms with Gasteiger partial charge in [0.2, 0.25) is 0 Å². The molecule has 0 amide bonds. The minimum absolute atomic E-state index is 0.409. The van der Waals surface area contributed by atoms with Gasteiger partial charge in [-0.15, -0.1) is 0 Å². The summed E-state index contributed by atoms with van der Waals surface area (Å²) in [5, 5.41) is 4.68. The van der Waals surface area contributed by atoms with Gasteiger partial charge in [0.15, 0.2) is 5.82 Å². The number of carbonyl (C=O) groups is 1. The van der Waals surface area contributed by atoms with Crippen molar-refractivity contribution in [1.82, 2.24) is 14.8 Å². The fourth-order valence-corrected chi connectivity index (χ4v) is 3.75. The average Bonchev–Trinajstić information content (AvgIpc) is 3.11. The van der Waals surface area contributed by atoms with Crippen LogP contribution in [0.15, 0.2) is 84.9 Å². The molecule has 1 aliphatic heterocycles. The van der Waals surface area contributed by atoms with Gasteiger partial charge in [0.1, 0.15) is 5.82 Å². The molecule has 4 aromatic rings. The molecule has 5 rings (SSSR count). The van der Waals surface area contributed by atoms with E-state index in [4.69, 9.17) is 4.74 Å². The lowest BCUT2D eigenvalue weighted by Crippen LogP contribution is -2.41. The van der Waals surface area contributed by atoms with E-state index in [-0.39, 0.29) is 0 Å². The van der Waals surface area contributed by atoms with E-state index in [9.17, 15) is 4.79 Å². The lowest BCUT2D eigenvalue weighted by Gasteiger charge is -2.33. The second-order valence-electron chi connectivity index (χ2n) is 6.71. The Morgan fingerprint density at radius 2 is 1.32 bits per heavy atom. The topological polar surface area (TPSA) is 57.0 Å². The summed E-state index contributed by atoms with van der Waals surface area (Å²) in [7, 11) is 0. The van der Waals surface area contributed by atoms with Gasteiger partial charge >= 0.3 is 5.97 Å². The zero-order valence-electron chi connectivity index (χ0n) is 15.2. The zero-order chi connectivity index (χ0) is 19.1. The molecule has 3 aromatic carbocycles. The number of cyclic esters (lactones) is 1. The van der Waals surface area contributed by atoms with Crippen LogP contribution in [0.1, 0.15) is 27.3 Å². The SMILES string of the molecule is Cc1nc2n(n1)C(c1ccccc1)(c1ccccc1)OC(=O)c1ccccc1-2. The second-order valence-corrected chi connectivity index (χ2v) is 6.71. The van der Waals surface area contributed by atoms with Crippen molar-refractivity contribution in [2.24, 2.45) is 0 Å². The van der Waals surface area contributed by atoms with Gasteiger partial charge in [0.25, 0.3) is 5.72 Å². The van der Waals surface area contributed by atoms with Crippen LogP contribution >= 0.6 is 0 Å². The lowest BCUT2D eigenvalue weighted by atomic mass is 9.94. The molecule has 0 N–H and O–H groups in total. The van der Waals surface area contributed by atoms with Crippen molar-refractivity contribution in [2.45, 2.75) is 12.6 Å². The molecule has 2 heterocycles. The van der Waals surface area contributed by atoms with E-state index in [1.807, 2.05) is 85.8 Å². The smallest absolute Gasteiger partial charge is 0.341 e. The van der Waals surface area contributed by atoms with Gasteiger partial charge in [0.05, 0.1) is 5.56 Å². The molecule has 0 atom stereocenters. The van der Waals surface area contributed by atoms with E-state index in [1.54, 1.807) is 10.7 Å². The number of aryl methyl sites for hydroxylation is 1. The number of fused-ring (bicyclic) bond motifs is 3. The summed E-state index contributed by atoms with van der Waals surface area (Å²) < 4.78 is 7.99. The third kappa shape index (κ3) is 2.29. The van der Waals surface area contributed by atoms with Gasteiger partial charge in [-0.2, -0.15) is 9.78 Å². The number of carbonyl (C=O) groups excluding carboxylic acids is 1. The van der Waals surface area contributed by atoms with E-state index < -0.39 is 11.7 Å². The molecule has 136 valence electrons. The molecule has 0 bridgehead atoms. The fraction of sp³-hybridized carbons (Fsp3) is 0.0870. The first kappa shape index (κ1) is 16.4. The molecule has 0 fully saturated rings. The summed E-state index contributed by atoms with van der Waals surface area (Å²) >= 11 is 0. The minimum Gasteiger partial charge on any atom is -0.424 e. The minimum atomic E-state index is -1.25. The van der Waals surface area contributed by atoms with E-state index in [0.29, 0.717) is 22.8 Å². The Balaban J connectivity index is 1.92. The summed E-state index contributed by atoms with van der Waals surface area (Å²) in [6, 6.07) is 26.7. The summed E-state index contributed by atoms with van der Waals surface area (Å²) in [6.45, 7) is 1.84. The van der Waals surface area contributed by atoms with Gasteiger partial charge in [-0.05, 0) is 13.0 Å². The van der Waals surface area contributed by atoms with E-state index in [1.165, 1.54) is 0 Å². The number of hydrogen-bond acceptors (Lipinski definition) is 4. The first-order chi connectivity index (χ1) is 13.7. The van der Waals surface area contributed by atoms with Gasteiger partial charge < -0.3 is 4.74 Å². The van der Waals surface area contributed by atoms with Crippen LogP contribution in [0.5, 0.6) is 0 Å². The Morgan fingerprint density at radius 3 is 1.93 bits per heavy atom. The zero-order valence-corrected chi connectivity index (χ0v) is 15.2. The first-order valence-electron chi connectivity index (χ1n) is 9.08. The Morgan fingerprint density at radius 1 is 0.786 bits per heavy atom. The van der Waals surface area contributed by atoms with Crippen molar-refractivity contribution in [2.75, 3.05) is 0 Å². The highest BCUT2D eigenvalue weighted by Crippen LogP contribution is 2.42. The highest BCUT2D eigenvalue weighted by Gasteiger charge is 2.46. The largest absolute Gasteiger partial charge is 0.424 e. The molecule has 1 aromatic heterocycles. The monoisotopic (exact) mass is 367 g/mol. The maximum absolute atomic E-state index is 13.2. The predicted molar refractivity (Wildman–Crippen MR) is 105 cm³/mol. The van der Waals surface area contributed by atoms with Gasteiger partial charge in [-0.25, -0.2) is 9.78 Å². The Labute approximate surface area is 162 Å². The molecule has 0 saturated heterocycles. The molecule has 28 heavy (non-hydrogen) atoms. The van der Waals surface area contributed by atoms with Crippen LogP contribution in [0.4, 0.5) is 0 Å². The maximum atomic E-state index is 13.2. The number of rotatable bonds is 2. The third-order valence-corrected chi connectivity index (χ3v) is 4.97. The van der Waals surface area contributed by atoms with Crippen LogP contribution in [-0.2, 0) is 10.5 Å². The molecule has 0 unspecified atom stereocenters. The highest BCUT2D eigenvalue weighted by atomic mass is 16.6. The Bertz CT molecular complexity index is 1130. The molecule has 1 aliphatic rings. The number of hydrogen-bond donors (Lipinski definition) is 0.